The van der Waals surface area contributed by atoms with E-state index in [4.69, 9.17) is 9.05 Å². The average Bonchev–Trinajstić information content (AvgIpc) is 3.42. The first-order chi connectivity index (χ1) is 38.5. The number of phosphoric acid groups is 1. The SMILES string of the molecule is CCCCCCCCCCCCCCCCCCCCCCCCCCCCCCCCCCCCCCCC(=O)NC(COP(=O)(O)OCC[N+](C)(C)C)C(O)CCCCCCCCCCCCCCCCCCCCCC. The van der Waals surface area contributed by atoms with Crippen molar-refractivity contribution in [2.45, 2.75) is 405 Å². The summed E-state index contributed by atoms with van der Waals surface area (Å²) in [6.07, 6.45) is 78.0. The van der Waals surface area contributed by atoms with Crippen molar-refractivity contribution in [1.82, 2.24) is 5.32 Å². The highest BCUT2D eigenvalue weighted by Crippen LogP contribution is 2.43. The molecule has 0 aliphatic heterocycles. The van der Waals surface area contributed by atoms with Gasteiger partial charge in [-0.25, -0.2) is 4.57 Å². The molecule has 0 fully saturated rings. The van der Waals surface area contributed by atoms with Gasteiger partial charge in [-0.05, 0) is 12.8 Å². The summed E-state index contributed by atoms with van der Waals surface area (Å²) < 4.78 is 23.9. The van der Waals surface area contributed by atoms with Gasteiger partial charge in [-0.3, -0.25) is 13.8 Å². The predicted octanol–water partition coefficient (Wildman–Crippen LogP) is 22.7. The van der Waals surface area contributed by atoms with Crippen molar-refractivity contribution in [3.63, 3.8) is 0 Å². The molecule has 3 N–H and O–H groups in total. The summed E-state index contributed by atoms with van der Waals surface area (Å²) in [7, 11) is 1.64. The largest absolute Gasteiger partial charge is 0.472 e. The second-order valence-corrected chi connectivity index (χ2v) is 27.8. The van der Waals surface area contributed by atoms with Crippen LogP contribution in [0.1, 0.15) is 393 Å². The lowest BCUT2D eigenvalue weighted by molar-refractivity contribution is -0.870. The smallest absolute Gasteiger partial charge is 0.391 e. The molecule has 0 saturated heterocycles. The molecule has 1 amide bonds. The number of amides is 1. The van der Waals surface area contributed by atoms with Gasteiger partial charge in [0.05, 0.1) is 39.9 Å². The molecule has 0 bridgehead atoms. The summed E-state index contributed by atoms with van der Waals surface area (Å²) in [6, 6.07) is -0.756. The lowest BCUT2D eigenvalue weighted by Gasteiger charge is -2.26. The number of nitrogens with one attached hydrogen (secondary N) is 1. The lowest BCUT2D eigenvalue weighted by Crippen LogP contribution is -2.46. The molecular formula is C70H144N2O6P+. The van der Waals surface area contributed by atoms with E-state index in [-0.39, 0.29) is 19.1 Å². The van der Waals surface area contributed by atoms with Gasteiger partial charge < -0.3 is 19.8 Å². The maximum absolute atomic E-state index is 13.1. The first-order valence-corrected chi connectivity index (χ1v) is 37.4. The fraction of sp³-hybridized carbons (Fsp3) is 0.986. The van der Waals surface area contributed by atoms with Crippen LogP contribution in [0.5, 0.6) is 0 Å². The van der Waals surface area contributed by atoms with Crippen LogP contribution in [0.15, 0.2) is 0 Å². The molecule has 0 aromatic rings. The number of nitrogens with zero attached hydrogens (tertiary/aromatic N) is 1. The molecule has 79 heavy (non-hydrogen) atoms. The molecule has 0 saturated carbocycles. The van der Waals surface area contributed by atoms with Crippen LogP contribution in [0.4, 0.5) is 0 Å². The molecule has 0 aromatic carbocycles. The van der Waals surface area contributed by atoms with Gasteiger partial charge in [0.2, 0.25) is 5.91 Å². The van der Waals surface area contributed by atoms with Crippen LogP contribution in [0, 0.1) is 0 Å². The van der Waals surface area contributed by atoms with E-state index in [0.29, 0.717) is 23.9 Å². The number of hydrogen-bond donors (Lipinski definition) is 3. The molecular weight excluding hydrogens is 996 g/mol. The van der Waals surface area contributed by atoms with E-state index in [2.05, 4.69) is 19.2 Å². The topological polar surface area (TPSA) is 105 Å². The molecule has 0 heterocycles. The minimum absolute atomic E-state index is 0.0794. The molecule has 0 aliphatic rings. The maximum Gasteiger partial charge on any atom is 0.472 e. The molecule has 0 rings (SSSR count). The van der Waals surface area contributed by atoms with Crippen LogP contribution in [0.3, 0.4) is 0 Å². The Bertz CT molecular complexity index is 1250. The minimum Gasteiger partial charge on any atom is -0.391 e. The van der Waals surface area contributed by atoms with Crippen molar-refractivity contribution < 1.29 is 32.9 Å². The third-order valence-corrected chi connectivity index (χ3v) is 18.1. The molecule has 0 aliphatic carbocycles. The lowest BCUT2D eigenvalue weighted by atomic mass is 10.0. The van der Waals surface area contributed by atoms with E-state index < -0.39 is 20.0 Å². The third-order valence-electron chi connectivity index (χ3n) is 17.1. The van der Waals surface area contributed by atoms with Gasteiger partial charge in [-0.15, -0.1) is 0 Å². The quantitative estimate of drug-likeness (QED) is 0.0318. The van der Waals surface area contributed by atoms with E-state index in [1.54, 1.807) is 0 Å². The summed E-state index contributed by atoms with van der Waals surface area (Å²) in [5, 5.41) is 14.1. The molecule has 0 aromatic heterocycles. The number of carbonyl (C=O) groups is 1. The van der Waals surface area contributed by atoms with Gasteiger partial charge in [0, 0.05) is 6.42 Å². The number of unbranched alkanes of at least 4 members (excludes halogenated alkanes) is 55. The van der Waals surface area contributed by atoms with E-state index in [9.17, 15) is 19.4 Å². The number of hydrogen-bond acceptors (Lipinski definition) is 5. The van der Waals surface area contributed by atoms with Crippen molar-refractivity contribution in [2.24, 2.45) is 0 Å². The number of aliphatic hydroxyl groups excluding tert-OH is 1. The van der Waals surface area contributed by atoms with Crippen LogP contribution in [-0.2, 0) is 18.4 Å². The molecule has 3 atom stereocenters. The minimum atomic E-state index is -4.32. The Labute approximate surface area is 495 Å². The van der Waals surface area contributed by atoms with Crippen LogP contribution >= 0.6 is 7.82 Å². The van der Waals surface area contributed by atoms with Crippen molar-refractivity contribution in [1.29, 1.82) is 0 Å². The van der Waals surface area contributed by atoms with Crippen LogP contribution in [-0.4, -0.2) is 73.4 Å². The van der Waals surface area contributed by atoms with Gasteiger partial charge in [-0.2, -0.15) is 0 Å². The van der Waals surface area contributed by atoms with Crippen LogP contribution in [0.25, 0.3) is 0 Å². The Morgan fingerprint density at radius 3 is 0.848 bits per heavy atom. The van der Waals surface area contributed by atoms with E-state index in [0.717, 1.165) is 38.5 Å². The Kier molecular flexibility index (Phi) is 61.7. The summed E-state index contributed by atoms with van der Waals surface area (Å²) in [6.45, 7) is 4.96. The van der Waals surface area contributed by atoms with Gasteiger partial charge in [0.25, 0.3) is 0 Å². The fourth-order valence-electron chi connectivity index (χ4n) is 11.5. The van der Waals surface area contributed by atoms with E-state index in [1.165, 1.54) is 327 Å². The highest BCUT2D eigenvalue weighted by Gasteiger charge is 2.28. The monoisotopic (exact) mass is 1140 g/mol. The molecule has 8 nitrogen and oxygen atoms in total. The van der Waals surface area contributed by atoms with E-state index in [1.807, 2.05) is 21.1 Å². The number of carbonyl (C=O) groups excluding carboxylic acids is 1. The zero-order chi connectivity index (χ0) is 57.7. The van der Waals surface area contributed by atoms with Crippen molar-refractivity contribution >= 4 is 13.7 Å². The Hall–Kier alpha value is -0.500. The van der Waals surface area contributed by atoms with Crippen LogP contribution in [0.2, 0.25) is 0 Å². The highest BCUT2D eigenvalue weighted by atomic mass is 31.2. The van der Waals surface area contributed by atoms with Crippen molar-refractivity contribution in [2.75, 3.05) is 40.9 Å². The van der Waals surface area contributed by atoms with Gasteiger partial charge in [0.15, 0.2) is 0 Å². The summed E-state index contributed by atoms with van der Waals surface area (Å²) in [4.78, 5) is 23.4. The zero-order valence-corrected chi connectivity index (χ0v) is 55.3. The summed E-state index contributed by atoms with van der Waals surface area (Å²) >= 11 is 0. The Morgan fingerprint density at radius 2 is 0.608 bits per heavy atom. The predicted molar refractivity (Wildman–Crippen MR) is 346 cm³/mol. The van der Waals surface area contributed by atoms with Crippen molar-refractivity contribution in [3.8, 4) is 0 Å². The number of phosphoric ester groups is 1. The maximum atomic E-state index is 13.1. The fourth-order valence-corrected chi connectivity index (χ4v) is 12.3. The molecule has 0 radical (unpaired) electrons. The standard InChI is InChI=1S/C70H143N2O6P/c1-6-8-10-12-14-16-18-20-22-24-26-28-29-30-31-32-33-34-35-36-37-38-39-40-41-42-43-44-46-48-50-52-54-56-58-60-62-64-70(74)71-68(67-78-79(75,76)77-66-65-72(3,4)5)69(73)63-61-59-57-55-53-51-49-47-45-27-25-23-21-19-17-15-13-11-9-7-2/h68-69,73H,6-67H2,1-5H3,(H-,71,74,75,76)/p+1. The molecule has 3 unspecified atom stereocenters. The number of likely N-dealkylation sites (N-methyl/N-ethyl adjacent to an activating group) is 1. The van der Waals surface area contributed by atoms with Crippen molar-refractivity contribution in [3.05, 3.63) is 0 Å². The third kappa shape index (κ3) is 64.9. The second kappa shape index (κ2) is 62.0. The Morgan fingerprint density at radius 1 is 0.380 bits per heavy atom. The highest BCUT2D eigenvalue weighted by molar-refractivity contribution is 7.47. The van der Waals surface area contributed by atoms with Gasteiger partial charge in [0.1, 0.15) is 13.2 Å². The average molecular weight is 1140 g/mol. The number of quaternary nitrogens is 1. The first-order valence-electron chi connectivity index (χ1n) is 35.9. The molecule has 474 valence electrons. The molecule has 9 heteroatoms. The van der Waals surface area contributed by atoms with Crippen LogP contribution < -0.4 is 5.32 Å². The number of aliphatic hydroxyl groups is 1. The van der Waals surface area contributed by atoms with E-state index >= 15 is 0 Å². The molecule has 0 spiro atoms. The normalized spacial score (nSPS) is 13.6. The summed E-state index contributed by atoms with van der Waals surface area (Å²) in [5.41, 5.74) is 0. The van der Waals surface area contributed by atoms with Gasteiger partial charge in [-0.1, -0.05) is 373 Å². The zero-order valence-electron chi connectivity index (χ0n) is 54.4. The first kappa shape index (κ1) is 78.5. The summed E-state index contributed by atoms with van der Waals surface area (Å²) in [5.74, 6) is -0.133. The number of rotatable bonds is 68. The van der Waals surface area contributed by atoms with Gasteiger partial charge >= 0.3 is 7.82 Å². The second-order valence-electron chi connectivity index (χ2n) is 26.3. The Balaban J connectivity index is 3.88.